The maximum absolute atomic E-state index is 12.3. The molecule has 0 saturated carbocycles. The third-order valence-electron chi connectivity index (χ3n) is 4.54. The summed E-state index contributed by atoms with van der Waals surface area (Å²) in [5.74, 6) is 1.68. The van der Waals surface area contributed by atoms with Gasteiger partial charge in [0.05, 0.1) is 10.0 Å². The Morgan fingerprint density at radius 3 is 2.25 bits per heavy atom. The monoisotopic (exact) mass is 487 g/mol. The zero-order valence-electron chi connectivity index (χ0n) is 16.4. The minimum atomic E-state index is -0.350. The lowest BCUT2D eigenvalue weighted by atomic mass is 10.1. The van der Waals surface area contributed by atoms with E-state index < -0.39 is 0 Å². The lowest BCUT2D eigenvalue weighted by Crippen LogP contribution is -2.07. The van der Waals surface area contributed by atoms with E-state index in [4.69, 9.17) is 48.7 Å². The summed E-state index contributed by atoms with van der Waals surface area (Å²) in [6.45, 7) is -0.192. The van der Waals surface area contributed by atoms with Gasteiger partial charge in [-0.3, -0.25) is 4.79 Å². The van der Waals surface area contributed by atoms with Gasteiger partial charge < -0.3 is 19.3 Å². The first-order valence-corrected chi connectivity index (χ1v) is 10.6. The number of aliphatic hydroxyl groups excluding tert-OH is 1. The van der Waals surface area contributed by atoms with Crippen LogP contribution in [0.5, 0.6) is 0 Å². The van der Waals surface area contributed by atoms with Crippen molar-refractivity contribution in [3.63, 3.8) is 0 Å². The van der Waals surface area contributed by atoms with Gasteiger partial charge in [-0.2, -0.15) is 0 Å². The molecule has 8 heteroatoms. The molecule has 2 aromatic carbocycles. The highest BCUT2D eigenvalue weighted by Gasteiger charge is 2.11. The van der Waals surface area contributed by atoms with Crippen LogP contribution in [0.2, 0.25) is 15.1 Å². The van der Waals surface area contributed by atoms with E-state index in [9.17, 15) is 4.79 Å². The van der Waals surface area contributed by atoms with Crippen LogP contribution < -0.4 is 5.32 Å². The van der Waals surface area contributed by atoms with Crippen molar-refractivity contribution in [3.8, 4) is 22.6 Å². The normalized spacial score (nSPS) is 11.2. The van der Waals surface area contributed by atoms with Gasteiger partial charge in [0.2, 0.25) is 5.91 Å². The maximum atomic E-state index is 12.3. The van der Waals surface area contributed by atoms with Crippen molar-refractivity contribution < 1.29 is 18.7 Å². The van der Waals surface area contributed by atoms with Crippen molar-refractivity contribution in [2.24, 2.45) is 0 Å². The maximum Gasteiger partial charge on any atom is 0.248 e. The number of amides is 1. The molecule has 5 nitrogen and oxygen atoms in total. The van der Waals surface area contributed by atoms with Crippen molar-refractivity contribution in [3.05, 3.63) is 93.3 Å². The fourth-order valence-electron chi connectivity index (χ4n) is 3.02. The lowest BCUT2D eigenvalue weighted by molar-refractivity contribution is -0.111. The number of carbonyl (C=O) groups is 1. The summed E-state index contributed by atoms with van der Waals surface area (Å²) >= 11 is 18.5. The Morgan fingerprint density at radius 1 is 0.875 bits per heavy atom. The number of aliphatic hydroxyl groups is 1. The van der Waals surface area contributed by atoms with Crippen molar-refractivity contribution in [2.75, 3.05) is 5.32 Å². The number of rotatable bonds is 6. The van der Waals surface area contributed by atoms with Gasteiger partial charge in [-0.1, -0.05) is 34.8 Å². The fourth-order valence-corrected chi connectivity index (χ4v) is 3.79. The summed E-state index contributed by atoms with van der Waals surface area (Å²) in [6, 6.07) is 17.1. The van der Waals surface area contributed by atoms with Crippen molar-refractivity contribution in [1.29, 1.82) is 0 Å². The number of furan rings is 2. The van der Waals surface area contributed by atoms with Gasteiger partial charge in [-0.25, -0.2) is 0 Å². The Kier molecular flexibility index (Phi) is 6.72. The molecule has 0 saturated heterocycles. The number of carbonyl (C=O) groups excluding carboxylic acids is 1. The van der Waals surface area contributed by atoms with Gasteiger partial charge in [0.15, 0.2) is 0 Å². The molecule has 0 bridgehead atoms. The molecule has 32 heavy (non-hydrogen) atoms. The Bertz CT molecular complexity index is 1310. The van der Waals surface area contributed by atoms with Crippen LogP contribution in [0.15, 0.2) is 75.6 Å². The molecule has 0 fully saturated rings. The van der Waals surface area contributed by atoms with Crippen LogP contribution in [-0.2, 0) is 11.4 Å². The first kappa shape index (κ1) is 22.2. The highest BCUT2D eigenvalue weighted by Crippen LogP contribution is 2.33. The summed E-state index contributed by atoms with van der Waals surface area (Å²) < 4.78 is 11.2. The molecule has 4 aromatic rings. The average molecular weight is 489 g/mol. The highest BCUT2D eigenvalue weighted by atomic mass is 35.5. The fraction of sp³-hybridized carbons (Fsp3) is 0.0417. The number of hydrogen-bond acceptors (Lipinski definition) is 4. The minimum Gasteiger partial charge on any atom is -0.459 e. The van der Waals surface area contributed by atoms with Gasteiger partial charge in [-0.05, 0) is 66.7 Å². The Morgan fingerprint density at radius 2 is 1.56 bits per heavy atom. The molecule has 0 aliphatic carbocycles. The molecule has 0 radical (unpaired) electrons. The van der Waals surface area contributed by atoms with Crippen LogP contribution in [0.1, 0.15) is 11.5 Å². The standard InChI is InChI=1S/C24H16Cl3NO4/c25-14-1-6-18(20(26)11-14)22-8-3-16(31-22)5-10-24(30)28-15-2-7-19(21(27)12-15)23-9-4-17(13-29)32-23/h1-12,29H,13H2,(H,28,30)/b10-5+. The van der Waals surface area contributed by atoms with E-state index in [1.807, 2.05) is 0 Å². The Balaban J connectivity index is 1.42. The van der Waals surface area contributed by atoms with Crippen LogP contribution in [0.4, 0.5) is 5.69 Å². The van der Waals surface area contributed by atoms with E-state index in [0.29, 0.717) is 54.9 Å². The third kappa shape index (κ3) is 5.09. The van der Waals surface area contributed by atoms with E-state index in [1.165, 1.54) is 6.08 Å². The van der Waals surface area contributed by atoms with E-state index in [0.717, 1.165) is 0 Å². The second-order valence-electron chi connectivity index (χ2n) is 6.77. The smallest absolute Gasteiger partial charge is 0.248 e. The molecule has 0 spiro atoms. The van der Waals surface area contributed by atoms with E-state index in [2.05, 4.69) is 5.32 Å². The summed E-state index contributed by atoms with van der Waals surface area (Å²) in [5.41, 5.74) is 1.89. The number of benzene rings is 2. The van der Waals surface area contributed by atoms with Gasteiger partial charge in [0.1, 0.15) is 29.6 Å². The predicted octanol–water partition coefficient (Wildman–Crippen LogP) is 7.31. The third-order valence-corrected chi connectivity index (χ3v) is 5.40. The molecule has 0 atom stereocenters. The molecule has 2 aromatic heterocycles. The van der Waals surface area contributed by atoms with E-state index >= 15 is 0 Å². The number of nitrogens with one attached hydrogen (secondary N) is 1. The van der Waals surface area contributed by atoms with Gasteiger partial charge >= 0.3 is 0 Å². The molecule has 1 amide bonds. The summed E-state index contributed by atoms with van der Waals surface area (Å²) in [4.78, 5) is 12.3. The van der Waals surface area contributed by atoms with Gasteiger partial charge in [-0.15, -0.1) is 0 Å². The number of halogens is 3. The average Bonchev–Trinajstić information content (AvgIpc) is 3.42. The quantitative estimate of drug-likeness (QED) is 0.279. The highest BCUT2D eigenvalue weighted by molar-refractivity contribution is 6.36. The number of anilines is 1. The Hall–Kier alpha value is -2.96. The van der Waals surface area contributed by atoms with Crippen molar-refractivity contribution in [1.82, 2.24) is 0 Å². The zero-order chi connectivity index (χ0) is 22.7. The van der Waals surface area contributed by atoms with Crippen LogP contribution in [0.25, 0.3) is 28.7 Å². The Labute approximate surface area is 198 Å². The van der Waals surface area contributed by atoms with Crippen LogP contribution in [0.3, 0.4) is 0 Å². The van der Waals surface area contributed by atoms with Gasteiger partial charge in [0.25, 0.3) is 0 Å². The predicted molar refractivity (Wildman–Crippen MR) is 127 cm³/mol. The molecule has 0 aliphatic heterocycles. The van der Waals surface area contributed by atoms with Gasteiger partial charge in [0, 0.05) is 27.9 Å². The molecular formula is C24H16Cl3NO4. The molecular weight excluding hydrogens is 473 g/mol. The summed E-state index contributed by atoms with van der Waals surface area (Å²) in [6.07, 6.45) is 2.91. The van der Waals surface area contributed by atoms with Crippen LogP contribution >= 0.6 is 34.8 Å². The van der Waals surface area contributed by atoms with Crippen molar-refractivity contribution in [2.45, 2.75) is 6.61 Å². The van der Waals surface area contributed by atoms with Crippen molar-refractivity contribution >= 4 is 52.5 Å². The van der Waals surface area contributed by atoms with Crippen LogP contribution in [-0.4, -0.2) is 11.0 Å². The zero-order valence-corrected chi connectivity index (χ0v) is 18.7. The molecule has 2 N–H and O–H groups in total. The second kappa shape index (κ2) is 9.67. The second-order valence-corrected chi connectivity index (χ2v) is 8.02. The SMILES string of the molecule is O=C(/C=C/c1ccc(-c2ccc(Cl)cc2Cl)o1)Nc1ccc(-c2ccc(CO)o2)c(Cl)c1. The number of hydrogen-bond donors (Lipinski definition) is 2. The molecule has 4 rings (SSSR count). The van der Waals surface area contributed by atoms with E-state index in [1.54, 1.807) is 66.7 Å². The molecule has 0 aliphatic rings. The van der Waals surface area contributed by atoms with E-state index in [-0.39, 0.29) is 12.5 Å². The molecule has 2 heterocycles. The lowest BCUT2D eigenvalue weighted by Gasteiger charge is -2.06. The minimum absolute atomic E-state index is 0.192. The molecule has 0 unspecified atom stereocenters. The first-order valence-electron chi connectivity index (χ1n) is 9.47. The largest absolute Gasteiger partial charge is 0.459 e. The summed E-state index contributed by atoms with van der Waals surface area (Å²) in [5, 5.41) is 13.3. The van der Waals surface area contributed by atoms with Crippen LogP contribution in [0, 0.1) is 0 Å². The first-order chi connectivity index (χ1) is 15.4. The topological polar surface area (TPSA) is 75.6 Å². The molecule has 162 valence electrons. The summed E-state index contributed by atoms with van der Waals surface area (Å²) in [7, 11) is 0.